The zero-order valence-electron chi connectivity index (χ0n) is 9.19. The van der Waals surface area contributed by atoms with Gasteiger partial charge in [-0.05, 0) is 6.92 Å². The fourth-order valence-electron chi connectivity index (χ4n) is 1.35. The number of hydrogen-bond acceptors (Lipinski definition) is 4. The lowest BCUT2D eigenvalue weighted by atomic mass is 10.2. The Morgan fingerprint density at radius 1 is 1.59 bits per heavy atom. The molecule has 0 aliphatic heterocycles. The minimum Gasteiger partial charge on any atom is -0.367 e. The molecule has 0 aliphatic rings. The van der Waals surface area contributed by atoms with Crippen molar-refractivity contribution in [1.29, 1.82) is 0 Å². The van der Waals surface area contributed by atoms with Crippen LogP contribution in [0.1, 0.15) is 21.1 Å². The second kappa shape index (κ2) is 4.92. The van der Waals surface area contributed by atoms with Gasteiger partial charge in [0, 0.05) is 23.8 Å². The molecule has 2 N–H and O–H groups in total. The molecule has 0 aliphatic carbocycles. The third-order valence-electron chi connectivity index (χ3n) is 2.17. The fraction of sp³-hybridized carbons (Fsp3) is 0.182. The Morgan fingerprint density at radius 3 is 3.06 bits per heavy atom. The zero-order valence-corrected chi connectivity index (χ0v) is 10.0. The van der Waals surface area contributed by atoms with Gasteiger partial charge in [0.05, 0.1) is 17.2 Å². The van der Waals surface area contributed by atoms with E-state index in [-0.39, 0.29) is 11.0 Å². The van der Waals surface area contributed by atoms with Crippen LogP contribution in [-0.4, -0.2) is 15.9 Å². The van der Waals surface area contributed by atoms with E-state index in [1.54, 1.807) is 0 Å². The number of H-pyrrole nitrogens is 1. The molecule has 1 amide bonds. The third-order valence-corrected chi connectivity index (χ3v) is 2.99. The van der Waals surface area contributed by atoms with Gasteiger partial charge in [-0.25, -0.2) is 4.98 Å². The molecule has 0 saturated carbocycles. The molecule has 0 fully saturated rings. The van der Waals surface area contributed by atoms with E-state index >= 15 is 0 Å². The van der Waals surface area contributed by atoms with Crippen LogP contribution < -0.4 is 10.7 Å². The molecule has 0 aromatic carbocycles. The van der Waals surface area contributed by atoms with Crippen molar-refractivity contribution >= 4 is 17.2 Å². The molecule has 0 bridgehead atoms. The molecule has 17 heavy (non-hydrogen) atoms. The average molecular weight is 249 g/mol. The van der Waals surface area contributed by atoms with Crippen molar-refractivity contribution in [2.24, 2.45) is 0 Å². The maximum Gasteiger partial charge on any atom is 0.257 e. The van der Waals surface area contributed by atoms with Crippen molar-refractivity contribution < 1.29 is 4.79 Å². The molecule has 0 unspecified atom stereocenters. The number of thiazole rings is 1. The van der Waals surface area contributed by atoms with Gasteiger partial charge in [0.15, 0.2) is 5.43 Å². The lowest BCUT2D eigenvalue weighted by molar-refractivity contribution is 0.0949. The van der Waals surface area contributed by atoms with E-state index < -0.39 is 5.91 Å². The summed E-state index contributed by atoms with van der Waals surface area (Å²) in [4.78, 5) is 30.0. The van der Waals surface area contributed by atoms with Gasteiger partial charge in [-0.3, -0.25) is 9.59 Å². The predicted octanol–water partition coefficient (Wildman–Crippen LogP) is 1.07. The summed E-state index contributed by atoms with van der Waals surface area (Å²) in [5.74, 6) is -0.391. The van der Waals surface area contributed by atoms with E-state index in [9.17, 15) is 9.59 Å². The quantitative estimate of drug-likeness (QED) is 0.854. The minimum absolute atomic E-state index is 0.111. The van der Waals surface area contributed by atoms with Gasteiger partial charge in [0.1, 0.15) is 5.56 Å². The van der Waals surface area contributed by atoms with Crippen LogP contribution in [0.25, 0.3) is 0 Å². The highest BCUT2D eigenvalue weighted by Crippen LogP contribution is 2.07. The molecule has 5 nitrogen and oxygen atoms in total. The molecule has 88 valence electrons. The summed E-state index contributed by atoms with van der Waals surface area (Å²) in [5, 5.41) is 5.49. The van der Waals surface area contributed by atoms with Crippen molar-refractivity contribution in [3.8, 4) is 0 Å². The lowest BCUT2D eigenvalue weighted by Gasteiger charge is -2.01. The highest BCUT2D eigenvalue weighted by atomic mass is 32.1. The van der Waals surface area contributed by atoms with Crippen LogP contribution in [-0.2, 0) is 6.54 Å². The highest BCUT2D eigenvalue weighted by Gasteiger charge is 2.09. The van der Waals surface area contributed by atoms with E-state index in [2.05, 4.69) is 15.3 Å². The predicted molar refractivity (Wildman–Crippen MR) is 65.1 cm³/mol. The van der Waals surface area contributed by atoms with Crippen molar-refractivity contribution in [3.63, 3.8) is 0 Å². The Hall–Kier alpha value is -1.95. The summed E-state index contributed by atoms with van der Waals surface area (Å²) in [7, 11) is 0. The second-order valence-corrected chi connectivity index (χ2v) is 4.53. The monoisotopic (exact) mass is 249 g/mol. The number of nitrogens with zero attached hydrogens (tertiary/aromatic N) is 1. The van der Waals surface area contributed by atoms with Gasteiger partial charge < -0.3 is 10.3 Å². The van der Waals surface area contributed by atoms with Crippen LogP contribution in [0.2, 0.25) is 0 Å². The molecule has 2 aromatic heterocycles. The van der Waals surface area contributed by atoms with Gasteiger partial charge in [-0.15, -0.1) is 11.3 Å². The number of nitrogens with one attached hydrogen (secondary N) is 2. The highest BCUT2D eigenvalue weighted by molar-refractivity contribution is 7.09. The lowest BCUT2D eigenvalue weighted by Crippen LogP contribution is -2.28. The van der Waals surface area contributed by atoms with Crippen molar-refractivity contribution in [1.82, 2.24) is 15.3 Å². The van der Waals surface area contributed by atoms with E-state index in [4.69, 9.17) is 0 Å². The minimum atomic E-state index is -0.391. The van der Waals surface area contributed by atoms with E-state index in [1.165, 1.54) is 29.8 Å². The van der Waals surface area contributed by atoms with Crippen molar-refractivity contribution in [2.45, 2.75) is 13.5 Å². The number of pyridine rings is 1. The van der Waals surface area contributed by atoms with Gasteiger partial charge in [-0.1, -0.05) is 0 Å². The fourth-order valence-corrected chi connectivity index (χ4v) is 1.96. The first-order valence-corrected chi connectivity index (χ1v) is 5.91. The zero-order chi connectivity index (χ0) is 12.3. The molecule has 0 spiro atoms. The maximum atomic E-state index is 11.7. The maximum absolute atomic E-state index is 11.7. The Balaban J connectivity index is 2.03. The van der Waals surface area contributed by atoms with Gasteiger partial charge in [0.25, 0.3) is 5.91 Å². The second-order valence-electron chi connectivity index (χ2n) is 3.46. The summed E-state index contributed by atoms with van der Waals surface area (Å²) in [6, 6.07) is 1.32. The van der Waals surface area contributed by atoms with E-state index in [0.717, 1.165) is 10.7 Å². The number of hydrogen-bond donors (Lipinski definition) is 2. The SMILES string of the molecule is Cc1nc(CNC(=O)c2c[nH]ccc2=O)cs1. The molecule has 0 saturated heterocycles. The average Bonchev–Trinajstić information content (AvgIpc) is 2.73. The van der Waals surface area contributed by atoms with Crippen LogP contribution in [0.4, 0.5) is 0 Å². The third kappa shape index (κ3) is 2.79. The molecule has 2 rings (SSSR count). The molecule has 2 heterocycles. The van der Waals surface area contributed by atoms with Gasteiger partial charge in [0.2, 0.25) is 0 Å². The number of amides is 1. The van der Waals surface area contributed by atoms with Crippen LogP contribution in [0.3, 0.4) is 0 Å². The first-order chi connectivity index (χ1) is 8.16. The molecule has 2 aromatic rings. The summed E-state index contributed by atoms with van der Waals surface area (Å²) in [5.41, 5.74) is 0.614. The summed E-state index contributed by atoms with van der Waals surface area (Å²) in [6.45, 7) is 2.23. The van der Waals surface area contributed by atoms with E-state index in [0.29, 0.717) is 6.54 Å². The molecule has 0 atom stereocenters. The van der Waals surface area contributed by atoms with Gasteiger partial charge >= 0.3 is 0 Å². The molecular formula is C11H11N3O2S. The smallest absolute Gasteiger partial charge is 0.257 e. The molecule has 0 radical (unpaired) electrons. The van der Waals surface area contributed by atoms with Crippen molar-refractivity contribution in [3.05, 3.63) is 50.3 Å². The first-order valence-electron chi connectivity index (χ1n) is 5.03. The summed E-state index contributed by atoms with van der Waals surface area (Å²) < 4.78 is 0. The Kier molecular flexibility index (Phi) is 3.34. The Bertz CT molecular complexity index is 588. The van der Waals surface area contributed by atoms with Crippen LogP contribution in [0.5, 0.6) is 0 Å². The number of aromatic nitrogens is 2. The number of aromatic amines is 1. The topological polar surface area (TPSA) is 74.8 Å². The van der Waals surface area contributed by atoms with Gasteiger partial charge in [-0.2, -0.15) is 0 Å². The number of rotatable bonds is 3. The number of carbonyl (C=O) groups is 1. The Labute approximate surface area is 102 Å². The molecule has 6 heteroatoms. The standard InChI is InChI=1S/C11H11N3O2S/c1-7-14-8(6-17-7)4-13-11(16)9-5-12-3-2-10(9)15/h2-3,5-6H,4H2,1H3,(H,12,15)(H,13,16). The molecular weight excluding hydrogens is 238 g/mol. The number of aryl methyl sites for hydroxylation is 1. The van der Waals surface area contributed by atoms with Crippen LogP contribution in [0, 0.1) is 6.92 Å². The van der Waals surface area contributed by atoms with E-state index in [1.807, 2.05) is 12.3 Å². The summed E-state index contributed by atoms with van der Waals surface area (Å²) in [6.07, 6.45) is 2.88. The number of carbonyl (C=O) groups excluding carboxylic acids is 1. The summed E-state index contributed by atoms with van der Waals surface area (Å²) >= 11 is 1.52. The van der Waals surface area contributed by atoms with Crippen LogP contribution >= 0.6 is 11.3 Å². The Morgan fingerprint density at radius 2 is 2.41 bits per heavy atom. The first kappa shape index (κ1) is 11.5. The largest absolute Gasteiger partial charge is 0.367 e. The van der Waals surface area contributed by atoms with Crippen molar-refractivity contribution in [2.75, 3.05) is 0 Å². The van der Waals surface area contributed by atoms with Crippen LogP contribution in [0.15, 0.2) is 28.6 Å². The normalized spacial score (nSPS) is 10.2.